The van der Waals surface area contributed by atoms with Crippen LogP contribution in [0.15, 0.2) is 12.4 Å². The third kappa shape index (κ3) is 1.53. The zero-order valence-electron chi connectivity index (χ0n) is 7.42. The van der Waals surface area contributed by atoms with E-state index < -0.39 is 5.60 Å². The van der Waals surface area contributed by atoms with Crippen molar-refractivity contribution in [1.29, 1.82) is 0 Å². The van der Waals surface area contributed by atoms with Gasteiger partial charge >= 0.3 is 0 Å². The summed E-state index contributed by atoms with van der Waals surface area (Å²) in [7, 11) is 1.50. The van der Waals surface area contributed by atoms with Crippen LogP contribution < -0.4 is 0 Å². The molecule has 1 rings (SSSR count). The number of hydrogen-bond donors (Lipinski definition) is 1. The van der Waals surface area contributed by atoms with Gasteiger partial charge in [0.05, 0.1) is 0 Å². The summed E-state index contributed by atoms with van der Waals surface area (Å²) >= 11 is 0. The van der Waals surface area contributed by atoms with Gasteiger partial charge in [0, 0.05) is 19.5 Å². The summed E-state index contributed by atoms with van der Waals surface area (Å²) < 4.78 is 5.01. The Labute approximate surface area is 71.0 Å². The third-order valence-electron chi connectivity index (χ3n) is 1.77. The first-order chi connectivity index (χ1) is 5.58. The molecule has 0 unspecified atom stereocenters. The third-order valence-corrected chi connectivity index (χ3v) is 1.77. The minimum Gasteiger partial charge on any atom is -0.371 e. The SMILES string of the molecule is COC(C)(C)C(=O)c1ncc[nH]1. The van der Waals surface area contributed by atoms with Crippen molar-refractivity contribution in [3.05, 3.63) is 18.2 Å². The number of carbonyl (C=O) groups excluding carboxylic acids is 1. The number of methoxy groups -OCH3 is 1. The van der Waals surface area contributed by atoms with E-state index >= 15 is 0 Å². The molecule has 1 heterocycles. The Morgan fingerprint density at radius 2 is 2.33 bits per heavy atom. The first-order valence-electron chi connectivity index (χ1n) is 3.67. The maximum Gasteiger partial charge on any atom is 0.229 e. The standard InChI is InChI=1S/C8H12N2O2/c1-8(2,12-3)6(11)7-9-4-5-10-7/h4-5H,1-3H3,(H,9,10). The molecule has 0 aliphatic carbocycles. The number of nitrogens with one attached hydrogen (secondary N) is 1. The van der Waals surface area contributed by atoms with Gasteiger partial charge in [-0.25, -0.2) is 4.98 Å². The fourth-order valence-electron chi connectivity index (χ4n) is 0.767. The van der Waals surface area contributed by atoms with Crippen molar-refractivity contribution in [2.45, 2.75) is 19.4 Å². The van der Waals surface area contributed by atoms with Gasteiger partial charge in [-0.15, -0.1) is 0 Å². The lowest BCUT2D eigenvalue weighted by Crippen LogP contribution is -2.34. The number of nitrogens with zero attached hydrogens (tertiary/aromatic N) is 1. The van der Waals surface area contributed by atoms with Crippen LogP contribution in [0.3, 0.4) is 0 Å². The molecule has 0 bridgehead atoms. The highest BCUT2D eigenvalue weighted by molar-refractivity contribution is 5.98. The minimum atomic E-state index is -0.808. The highest BCUT2D eigenvalue weighted by atomic mass is 16.5. The summed E-state index contributed by atoms with van der Waals surface area (Å²) in [5.41, 5.74) is -0.808. The highest BCUT2D eigenvalue weighted by Gasteiger charge is 2.29. The summed E-state index contributed by atoms with van der Waals surface area (Å²) in [6.45, 7) is 3.41. The van der Waals surface area contributed by atoms with Crippen LogP contribution in [0.5, 0.6) is 0 Å². The number of ketones is 1. The van der Waals surface area contributed by atoms with Gasteiger partial charge in [-0.2, -0.15) is 0 Å². The number of Topliss-reactive ketones (excluding diaryl/α,β-unsaturated/α-hetero) is 1. The Hall–Kier alpha value is -1.16. The Balaban J connectivity index is 2.86. The Bertz CT molecular complexity index is 265. The van der Waals surface area contributed by atoms with Gasteiger partial charge in [-0.05, 0) is 13.8 Å². The van der Waals surface area contributed by atoms with Gasteiger partial charge in [-0.3, -0.25) is 4.79 Å². The molecule has 0 aliphatic heterocycles. The van der Waals surface area contributed by atoms with E-state index in [0.29, 0.717) is 5.82 Å². The molecule has 66 valence electrons. The van der Waals surface area contributed by atoms with Gasteiger partial charge < -0.3 is 9.72 Å². The Morgan fingerprint density at radius 1 is 1.67 bits per heavy atom. The molecule has 12 heavy (non-hydrogen) atoms. The maximum atomic E-state index is 11.5. The van der Waals surface area contributed by atoms with Crippen LogP contribution in [0, 0.1) is 0 Å². The lowest BCUT2D eigenvalue weighted by atomic mass is 10.0. The molecule has 4 nitrogen and oxygen atoms in total. The fraction of sp³-hybridized carbons (Fsp3) is 0.500. The zero-order chi connectivity index (χ0) is 9.19. The van der Waals surface area contributed by atoms with Crippen LogP contribution in [-0.4, -0.2) is 28.5 Å². The van der Waals surface area contributed by atoms with Crippen molar-refractivity contribution in [3.63, 3.8) is 0 Å². The van der Waals surface area contributed by atoms with E-state index in [4.69, 9.17) is 4.74 Å². The average Bonchev–Trinajstić information content (AvgIpc) is 2.55. The number of H-pyrrole nitrogens is 1. The minimum absolute atomic E-state index is 0.144. The van der Waals surface area contributed by atoms with E-state index in [-0.39, 0.29) is 5.78 Å². The molecule has 1 aromatic heterocycles. The first kappa shape index (κ1) is 8.93. The number of rotatable bonds is 3. The van der Waals surface area contributed by atoms with E-state index in [1.54, 1.807) is 26.2 Å². The quantitative estimate of drug-likeness (QED) is 0.685. The molecule has 1 N–H and O–H groups in total. The van der Waals surface area contributed by atoms with Crippen LogP contribution in [-0.2, 0) is 4.74 Å². The van der Waals surface area contributed by atoms with Gasteiger partial charge in [0.25, 0.3) is 0 Å². The largest absolute Gasteiger partial charge is 0.371 e. The number of imidazole rings is 1. The predicted octanol–water partition coefficient (Wildman–Crippen LogP) is 1.02. The van der Waals surface area contributed by atoms with Crippen LogP contribution in [0.4, 0.5) is 0 Å². The molecule has 4 heteroatoms. The molecule has 1 aromatic rings. The maximum absolute atomic E-state index is 11.5. The molecule has 0 aromatic carbocycles. The number of aromatic nitrogens is 2. The van der Waals surface area contributed by atoms with Crippen molar-refractivity contribution < 1.29 is 9.53 Å². The summed E-state index contributed by atoms with van der Waals surface area (Å²) in [5.74, 6) is 0.192. The normalized spacial score (nSPS) is 11.6. The van der Waals surface area contributed by atoms with Crippen LogP contribution in [0.2, 0.25) is 0 Å². The van der Waals surface area contributed by atoms with Crippen molar-refractivity contribution in [3.8, 4) is 0 Å². The number of carbonyl (C=O) groups is 1. The van der Waals surface area contributed by atoms with Crippen molar-refractivity contribution in [2.75, 3.05) is 7.11 Å². The Kier molecular flexibility index (Phi) is 2.28. The summed E-state index contributed by atoms with van der Waals surface area (Å²) in [5, 5.41) is 0. The number of hydrogen-bond acceptors (Lipinski definition) is 3. The second-order valence-electron chi connectivity index (χ2n) is 2.98. The van der Waals surface area contributed by atoms with Crippen LogP contribution in [0.1, 0.15) is 24.5 Å². The molecule has 0 atom stereocenters. The van der Waals surface area contributed by atoms with E-state index in [9.17, 15) is 4.79 Å². The lowest BCUT2D eigenvalue weighted by Gasteiger charge is -2.19. The van der Waals surface area contributed by atoms with Gasteiger partial charge in [0.2, 0.25) is 5.78 Å². The predicted molar refractivity (Wildman–Crippen MR) is 44.0 cm³/mol. The second-order valence-corrected chi connectivity index (χ2v) is 2.98. The smallest absolute Gasteiger partial charge is 0.229 e. The molecular formula is C8H12N2O2. The van der Waals surface area contributed by atoms with Crippen LogP contribution in [0.25, 0.3) is 0 Å². The molecule has 0 saturated carbocycles. The summed E-state index contributed by atoms with van der Waals surface area (Å²) in [4.78, 5) is 18.1. The highest BCUT2D eigenvalue weighted by Crippen LogP contribution is 2.12. The van der Waals surface area contributed by atoms with E-state index in [1.165, 1.54) is 7.11 Å². The molecule has 0 amide bonds. The summed E-state index contributed by atoms with van der Waals surface area (Å²) in [6.07, 6.45) is 3.15. The molecule has 0 saturated heterocycles. The average molecular weight is 168 g/mol. The molecule has 0 spiro atoms. The van der Waals surface area contributed by atoms with Crippen LogP contribution >= 0.6 is 0 Å². The van der Waals surface area contributed by atoms with Crippen molar-refractivity contribution in [1.82, 2.24) is 9.97 Å². The molecule has 0 fully saturated rings. The lowest BCUT2D eigenvalue weighted by molar-refractivity contribution is 0.0219. The van der Waals surface area contributed by atoms with Gasteiger partial charge in [0.1, 0.15) is 5.60 Å². The zero-order valence-corrected chi connectivity index (χ0v) is 7.42. The number of aromatic amines is 1. The van der Waals surface area contributed by atoms with Crippen molar-refractivity contribution >= 4 is 5.78 Å². The van der Waals surface area contributed by atoms with Gasteiger partial charge in [0.15, 0.2) is 5.82 Å². The number of ether oxygens (including phenoxy) is 1. The van der Waals surface area contributed by atoms with E-state index in [0.717, 1.165) is 0 Å². The molecule has 0 radical (unpaired) electrons. The second kappa shape index (κ2) is 3.06. The molecule has 0 aliphatic rings. The van der Waals surface area contributed by atoms with E-state index in [2.05, 4.69) is 9.97 Å². The topological polar surface area (TPSA) is 55.0 Å². The van der Waals surface area contributed by atoms with Gasteiger partial charge in [-0.1, -0.05) is 0 Å². The monoisotopic (exact) mass is 168 g/mol. The first-order valence-corrected chi connectivity index (χ1v) is 3.67. The summed E-state index contributed by atoms with van der Waals surface area (Å²) in [6, 6.07) is 0. The van der Waals surface area contributed by atoms with Crippen molar-refractivity contribution in [2.24, 2.45) is 0 Å². The fourth-order valence-corrected chi connectivity index (χ4v) is 0.767. The molecular weight excluding hydrogens is 156 g/mol. The van der Waals surface area contributed by atoms with E-state index in [1.807, 2.05) is 0 Å². The Morgan fingerprint density at radius 3 is 2.75 bits per heavy atom.